The van der Waals surface area contributed by atoms with Gasteiger partial charge in [-0.05, 0) is 42.3 Å². The number of imidazole rings is 1. The highest BCUT2D eigenvalue weighted by Crippen LogP contribution is 2.38. The molecule has 30 heavy (non-hydrogen) atoms. The van der Waals surface area contributed by atoms with Gasteiger partial charge in [0.25, 0.3) is 0 Å². The number of nitrogens with zero attached hydrogens (tertiary/aromatic N) is 5. The predicted molar refractivity (Wildman–Crippen MR) is 116 cm³/mol. The van der Waals surface area contributed by atoms with Crippen LogP contribution in [0.3, 0.4) is 0 Å². The number of aromatic nitrogens is 4. The van der Waals surface area contributed by atoms with Crippen molar-refractivity contribution >= 4 is 17.3 Å². The van der Waals surface area contributed by atoms with Crippen molar-refractivity contribution in [2.24, 2.45) is 7.05 Å². The molecule has 0 aliphatic carbocycles. The Morgan fingerprint density at radius 2 is 2.10 bits per heavy atom. The van der Waals surface area contributed by atoms with Gasteiger partial charge in [-0.1, -0.05) is 12.1 Å². The van der Waals surface area contributed by atoms with Gasteiger partial charge in [-0.2, -0.15) is 0 Å². The van der Waals surface area contributed by atoms with Crippen molar-refractivity contribution in [3.63, 3.8) is 0 Å². The SMILES string of the molecule is Cc1ccc2c(c1)nc(CCN1Cc3nccc(-c4cccnc4)c3C1C=O)n2C. The van der Waals surface area contributed by atoms with E-state index in [1.807, 2.05) is 30.6 Å². The van der Waals surface area contributed by atoms with E-state index in [1.165, 1.54) is 5.56 Å². The number of benzene rings is 1. The summed E-state index contributed by atoms with van der Waals surface area (Å²) in [5.41, 5.74) is 7.37. The number of fused-ring (bicyclic) bond motifs is 2. The largest absolute Gasteiger partial charge is 0.331 e. The Balaban J connectivity index is 1.42. The first-order chi connectivity index (χ1) is 14.7. The summed E-state index contributed by atoms with van der Waals surface area (Å²) >= 11 is 0. The van der Waals surface area contributed by atoms with Gasteiger partial charge in [0.2, 0.25) is 0 Å². The van der Waals surface area contributed by atoms with E-state index in [9.17, 15) is 4.79 Å². The van der Waals surface area contributed by atoms with Gasteiger partial charge in [-0.15, -0.1) is 0 Å². The van der Waals surface area contributed by atoms with Crippen LogP contribution in [-0.2, 0) is 24.8 Å². The Kier molecular flexibility index (Phi) is 4.64. The van der Waals surface area contributed by atoms with Crippen LogP contribution in [0.5, 0.6) is 0 Å². The number of aldehydes is 1. The molecule has 0 amide bonds. The topological polar surface area (TPSA) is 63.9 Å². The Morgan fingerprint density at radius 1 is 1.20 bits per heavy atom. The highest BCUT2D eigenvalue weighted by atomic mass is 16.1. The molecule has 3 aromatic heterocycles. The number of hydrogen-bond donors (Lipinski definition) is 0. The minimum absolute atomic E-state index is 0.305. The highest BCUT2D eigenvalue weighted by molar-refractivity contribution is 5.77. The number of aryl methyl sites for hydroxylation is 2. The summed E-state index contributed by atoms with van der Waals surface area (Å²) in [6.45, 7) is 3.48. The third-order valence-electron chi connectivity index (χ3n) is 5.97. The zero-order valence-electron chi connectivity index (χ0n) is 17.1. The fraction of sp³-hybridized carbons (Fsp3) is 0.250. The van der Waals surface area contributed by atoms with Gasteiger partial charge in [-0.25, -0.2) is 4.98 Å². The summed E-state index contributed by atoms with van der Waals surface area (Å²) in [7, 11) is 2.05. The standard InChI is InChI=1S/C24H23N5O/c1-16-5-6-21-19(12-16)27-23(28(21)2)8-11-29-14-20-24(22(29)15-30)18(7-10-26-20)17-4-3-9-25-13-17/h3-7,9-10,12-13,15,22H,8,11,14H2,1-2H3. The first-order valence-corrected chi connectivity index (χ1v) is 10.1. The van der Waals surface area contributed by atoms with Crippen LogP contribution >= 0.6 is 0 Å². The lowest BCUT2D eigenvalue weighted by molar-refractivity contribution is -0.112. The molecule has 0 saturated heterocycles. The Morgan fingerprint density at radius 3 is 2.90 bits per heavy atom. The average Bonchev–Trinajstić information content (AvgIpc) is 3.29. The predicted octanol–water partition coefficient (Wildman–Crippen LogP) is 3.64. The van der Waals surface area contributed by atoms with E-state index in [-0.39, 0.29) is 6.04 Å². The van der Waals surface area contributed by atoms with Gasteiger partial charge in [-0.3, -0.25) is 14.9 Å². The summed E-state index contributed by atoms with van der Waals surface area (Å²) in [4.78, 5) is 27.9. The maximum Gasteiger partial charge on any atom is 0.141 e. The van der Waals surface area contributed by atoms with Crippen LogP contribution in [0.1, 0.15) is 28.7 Å². The molecule has 5 rings (SSSR count). The third-order valence-corrected chi connectivity index (χ3v) is 5.97. The molecule has 0 bridgehead atoms. The first-order valence-electron chi connectivity index (χ1n) is 10.1. The van der Waals surface area contributed by atoms with Gasteiger partial charge < -0.3 is 9.36 Å². The van der Waals surface area contributed by atoms with Crippen molar-refractivity contribution in [2.45, 2.75) is 25.9 Å². The van der Waals surface area contributed by atoms with E-state index in [1.54, 1.807) is 6.20 Å². The first kappa shape index (κ1) is 18.6. The second-order valence-electron chi connectivity index (χ2n) is 7.84. The summed E-state index contributed by atoms with van der Waals surface area (Å²) in [6.07, 6.45) is 7.21. The van der Waals surface area contributed by atoms with E-state index in [4.69, 9.17) is 4.98 Å². The Hall–Kier alpha value is -3.38. The summed E-state index contributed by atoms with van der Waals surface area (Å²) in [5, 5.41) is 0. The normalized spacial score (nSPS) is 16.1. The molecule has 1 unspecified atom stereocenters. The second-order valence-corrected chi connectivity index (χ2v) is 7.84. The van der Waals surface area contributed by atoms with E-state index < -0.39 is 0 Å². The Bertz CT molecular complexity index is 1230. The van der Waals surface area contributed by atoms with Crippen molar-refractivity contribution in [1.82, 2.24) is 24.4 Å². The molecule has 4 heterocycles. The molecule has 1 aromatic carbocycles. The van der Waals surface area contributed by atoms with Crippen LogP contribution in [-0.4, -0.2) is 37.2 Å². The maximum atomic E-state index is 12.1. The van der Waals surface area contributed by atoms with Gasteiger partial charge in [0.1, 0.15) is 12.1 Å². The molecular weight excluding hydrogens is 374 g/mol. The van der Waals surface area contributed by atoms with E-state index >= 15 is 0 Å². The second kappa shape index (κ2) is 7.46. The van der Waals surface area contributed by atoms with Crippen molar-refractivity contribution in [3.8, 4) is 11.1 Å². The van der Waals surface area contributed by atoms with Gasteiger partial charge >= 0.3 is 0 Å². The van der Waals surface area contributed by atoms with Gasteiger partial charge in [0.15, 0.2) is 0 Å². The lowest BCUT2D eigenvalue weighted by Crippen LogP contribution is -2.26. The molecule has 1 atom stereocenters. The molecule has 1 aliphatic heterocycles. The third kappa shape index (κ3) is 3.09. The fourth-order valence-electron chi connectivity index (χ4n) is 4.42. The number of pyridine rings is 2. The molecule has 6 heteroatoms. The van der Waals surface area contributed by atoms with Crippen molar-refractivity contribution in [2.75, 3.05) is 6.54 Å². The molecule has 0 N–H and O–H groups in total. The molecule has 150 valence electrons. The number of carbonyl (C=O) groups excluding carboxylic acids is 1. The van der Waals surface area contributed by atoms with Crippen LogP contribution in [0.4, 0.5) is 0 Å². The zero-order valence-corrected chi connectivity index (χ0v) is 17.1. The minimum Gasteiger partial charge on any atom is -0.331 e. The number of hydrogen-bond acceptors (Lipinski definition) is 5. The van der Waals surface area contributed by atoms with Crippen molar-refractivity contribution < 1.29 is 4.79 Å². The van der Waals surface area contributed by atoms with Gasteiger partial charge in [0.05, 0.1) is 22.8 Å². The quantitative estimate of drug-likeness (QED) is 0.481. The lowest BCUT2D eigenvalue weighted by atomic mass is 9.97. The van der Waals surface area contributed by atoms with E-state index in [0.717, 1.165) is 58.5 Å². The van der Waals surface area contributed by atoms with Crippen LogP contribution in [0, 0.1) is 6.92 Å². The van der Waals surface area contributed by atoms with Gasteiger partial charge in [0, 0.05) is 56.3 Å². The van der Waals surface area contributed by atoms with Crippen LogP contribution in [0.25, 0.3) is 22.2 Å². The molecular formula is C24H23N5O. The smallest absolute Gasteiger partial charge is 0.141 e. The molecule has 0 spiro atoms. The number of rotatable bonds is 5. The van der Waals surface area contributed by atoms with Crippen molar-refractivity contribution in [1.29, 1.82) is 0 Å². The van der Waals surface area contributed by atoms with E-state index in [2.05, 4.69) is 51.6 Å². The average molecular weight is 397 g/mol. The number of carbonyl (C=O) groups is 1. The summed E-state index contributed by atoms with van der Waals surface area (Å²) in [5.74, 6) is 1.02. The van der Waals surface area contributed by atoms with Crippen LogP contribution in [0.2, 0.25) is 0 Å². The fourth-order valence-corrected chi connectivity index (χ4v) is 4.42. The monoisotopic (exact) mass is 397 g/mol. The summed E-state index contributed by atoms with van der Waals surface area (Å²) < 4.78 is 2.15. The van der Waals surface area contributed by atoms with E-state index in [0.29, 0.717) is 6.54 Å². The minimum atomic E-state index is -0.305. The van der Waals surface area contributed by atoms with Crippen molar-refractivity contribution in [3.05, 3.63) is 77.6 Å². The molecule has 4 aromatic rings. The van der Waals surface area contributed by atoms with Crippen LogP contribution in [0.15, 0.2) is 55.0 Å². The molecule has 0 fully saturated rings. The Labute approximate surface area is 175 Å². The molecule has 0 saturated carbocycles. The lowest BCUT2D eigenvalue weighted by Gasteiger charge is -2.21. The van der Waals surface area contributed by atoms with Crippen LogP contribution < -0.4 is 0 Å². The zero-order chi connectivity index (χ0) is 20.7. The maximum absolute atomic E-state index is 12.1. The molecule has 0 radical (unpaired) electrons. The molecule has 6 nitrogen and oxygen atoms in total. The highest BCUT2D eigenvalue weighted by Gasteiger charge is 2.33. The molecule has 1 aliphatic rings. The summed E-state index contributed by atoms with van der Waals surface area (Å²) in [6, 6.07) is 11.9.